The van der Waals surface area contributed by atoms with Crippen LogP contribution in [0, 0.1) is 34.9 Å². The number of hydrogen-bond donors (Lipinski definition) is 1. The van der Waals surface area contributed by atoms with Gasteiger partial charge in [0.05, 0.1) is 53.1 Å². The van der Waals surface area contributed by atoms with E-state index in [-0.39, 0.29) is 45.8 Å². The highest BCUT2D eigenvalue weighted by molar-refractivity contribution is 6.33. The number of alkyl halides is 3. The number of carbonyl (C=O) groups excluding carboxylic acids is 4. The van der Waals surface area contributed by atoms with E-state index >= 15 is 0 Å². The zero-order valence-electron chi connectivity index (χ0n) is 28.4. The molecule has 1 saturated carbocycles. The number of ether oxygens (including phenoxy) is 2. The van der Waals surface area contributed by atoms with Gasteiger partial charge < -0.3 is 14.6 Å². The second-order valence-electron chi connectivity index (χ2n) is 13.5. The maximum absolute atomic E-state index is 14.7. The molecule has 1 N–H and O–H groups in total. The average molecular weight is 778 g/mol. The summed E-state index contributed by atoms with van der Waals surface area (Å²) >= 11 is 12.3. The summed E-state index contributed by atoms with van der Waals surface area (Å²) in [5.74, 6) is -9.16. The molecule has 2 aliphatic carbocycles. The molecule has 0 spiro atoms. The number of imide groups is 2. The first-order valence-corrected chi connectivity index (χ1v) is 17.0. The fraction of sp³-hybridized carbons (Fsp3) is 0.361. The first-order valence-electron chi connectivity index (χ1n) is 16.3. The molecule has 6 unspecified atom stereocenters. The Morgan fingerprint density at radius 3 is 2.21 bits per heavy atom. The Hall–Kier alpha value is -4.89. The number of methoxy groups -OCH3 is 2. The monoisotopic (exact) mass is 776 g/mol. The van der Waals surface area contributed by atoms with Gasteiger partial charge in [-0.1, -0.05) is 34.9 Å². The molecular formula is C36H30Cl2F4N4O7. The number of hydrogen-bond acceptors (Lipinski definition) is 9. The number of benzene rings is 2. The number of fused-ring (bicyclic) bond motifs is 4. The summed E-state index contributed by atoms with van der Waals surface area (Å²) in [7, 11) is 3.89. The van der Waals surface area contributed by atoms with Gasteiger partial charge in [-0.05, 0) is 56.0 Å². The first-order chi connectivity index (χ1) is 24.9. The molecule has 7 rings (SSSR count). The third-order valence-corrected chi connectivity index (χ3v) is 11.5. The number of carbonyl (C=O) groups is 4. The van der Waals surface area contributed by atoms with Crippen molar-refractivity contribution >= 4 is 58.3 Å². The second kappa shape index (κ2) is 12.6. The lowest BCUT2D eigenvalue weighted by molar-refractivity contribution is -0.141. The van der Waals surface area contributed by atoms with E-state index in [0.29, 0.717) is 17.2 Å². The second-order valence-corrected chi connectivity index (χ2v) is 14.3. The van der Waals surface area contributed by atoms with Crippen LogP contribution in [0.2, 0.25) is 10.0 Å². The molecule has 0 radical (unpaired) electrons. The van der Waals surface area contributed by atoms with Gasteiger partial charge in [0.2, 0.25) is 11.8 Å². The summed E-state index contributed by atoms with van der Waals surface area (Å²) in [4.78, 5) is 62.3. The van der Waals surface area contributed by atoms with Gasteiger partial charge >= 0.3 is 6.18 Å². The fourth-order valence-corrected chi connectivity index (χ4v) is 9.00. The van der Waals surface area contributed by atoms with E-state index in [4.69, 9.17) is 32.7 Å². The SMILES string of the molecule is COc1cc(O)cc(OC)c1C1C2=CCC3C(=O)N(N(C)c4nc(C(F)(F)F)ccc4Cl)C(=O)C3C2CC2C(=O)N(c3ccc(F)c(Cl)c3)C(=O)C21C. The number of halogens is 6. The van der Waals surface area contributed by atoms with Gasteiger partial charge in [0.15, 0.2) is 5.82 Å². The number of aromatic nitrogens is 1. The van der Waals surface area contributed by atoms with Gasteiger partial charge in [-0.25, -0.2) is 14.3 Å². The normalized spacial score (nSPS) is 26.7. The number of amides is 4. The van der Waals surface area contributed by atoms with Crippen LogP contribution >= 0.6 is 23.2 Å². The lowest BCUT2D eigenvalue weighted by Gasteiger charge is -2.49. The summed E-state index contributed by atoms with van der Waals surface area (Å²) in [6.45, 7) is 1.60. The van der Waals surface area contributed by atoms with Crippen molar-refractivity contribution in [2.45, 2.75) is 31.9 Å². The summed E-state index contributed by atoms with van der Waals surface area (Å²) in [6.07, 6.45) is -3.19. The van der Waals surface area contributed by atoms with Crippen molar-refractivity contribution in [1.29, 1.82) is 0 Å². The summed E-state index contributed by atoms with van der Waals surface area (Å²) in [6, 6.07) is 7.71. The predicted molar refractivity (Wildman–Crippen MR) is 182 cm³/mol. The number of aromatic hydroxyl groups is 1. The summed E-state index contributed by atoms with van der Waals surface area (Å²) in [5.41, 5.74) is -2.03. The number of phenols is 1. The highest BCUT2D eigenvalue weighted by Crippen LogP contribution is 2.66. The maximum atomic E-state index is 14.7. The molecule has 17 heteroatoms. The fourth-order valence-electron chi connectivity index (χ4n) is 8.59. The Morgan fingerprint density at radius 1 is 0.943 bits per heavy atom. The molecule has 0 bridgehead atoms. The molecule has 4 amide bonds. The van der Waals surface area contributed by atoms with E-state index in [1.54, 1.807) is 13.0 Å². The van der Waals surface area contributed by atoms with Crippen molar-refractivity contribution in [3.8, 4) is 17.2 Å². The van der Waals surface area contributed by atoms with E-state index in [0.717, 1.165) is 33.1 Å². The van der Waals surface area contributed by atoms with Crippen LogP contribution in [0.5, 0.6) is 17.2 Å². The van der Waals surface area contributed by atoms with Crippen LogP contribution in [0.25, 0.3) is 0 Å². The molecule has 3 fully saturated rings. The van der Waals surface area contributed by atoms with E-state index in [2.05, 4.69) is 4.98 Å². The zero-order chi connectivity index (χ0) is 38.5. The molecule has 278 valence electrons. The van der Waals surface area contributed by atoms with Crippen molar-refractivity contribution in [1.82, 2.24) is 9.99 Å². The van der Waals surface area contributed by atoms with Crippen LogP contribution in [-0.2, 0) is 25.4 Å². The lowest BCUT2D eigenvalue weighted by atomic mass is 9.51. The number of allylic oxidation sites excluding steroid dienone is 2. The molecule has 3 heterocycles. The minimum Gasteiger partial charge on any atom is -0.508 e. The van der Waals surface area contributed by atoms with Crippen LogP contribution in [0.15, 0.2) is 54.1 Å². The topological polar surface area (TPSA) is 130 Å². The number of hydrazine groups is 1. The van der Waals surface area contributed by atoms with Crippen molar-refractivity contribution in [3.63, 3.8) is 0 Å². The van der Waals surface area contributed by atoms with Crippen molar-refractivity contribution in [2.24, 2.45) is 29.1 Å². The van der Waals surface area contributed by atoms with E-state index < -0.39 is 82.1 Å². The quantitative estimate of drug-likeness (QED) is 0.168. The first kappa shape index (κ1) is 36.5. The van der Waals surface area contributed by atoms with Crippen molar-refractivity contribution in [3.05, 3.63) is 81.2 Å². The average Bonchev–Trinajstić information content (AvgIpc) is 3.48. The molecule has 2 saturated heterocycles. The van der Waals surface area contributed by atoms with Gasteiger partial charge in [0.1, 0.15) is 28.8 Å². The highest BCUT2D eigenvalue weighted by atomic mass is 35.5. The van der Waals surface area contributed by atoms with Gasteiger partial charge in [-0.3, -0.25) is 24.2 Å². The van der Waals surface area contributed by atoms with E-state index in [9.17, 15) is 41.8 Å². The van der Waals surface area contributed by atoms with Crippen LogP contribution in [0.4, 0.5) is 29.1 Å². The van der Waals surface area contributed by atoms with Crippen LogP contribution in [-0.4, -0.2) is 60.0 Å². The zero-order valence-corrected chi connectivity index (χ0v) is 29.9. The Bertz CT molecular complexity index is 2120. The van der Waals surface area contributed by atoms with Crippen molar-refractivity contribution in [2.75, 3.05) is 31.2 Å². The molecule has 4 aliphatic rings. The smallest absolute Gasteiger partial charge is 0.433 e. The lowest BCUT2D eigenvalue weighted by Crippen LogP contribution is -2.49. The molecular weight excluding hydrogens is 747 g/mol. The molecule has 53 heavy (non-hydrogen) atoms. The molecule has 2 aliphatic heterocycles. The number of rotatable bonds is 6. The number of nitrogens with zero attached hydrogens (tertiary/aromatic N) is 4. The Morgan fingerprint density at radius 2 is 1.60 bits per heavy atom. The predicted octanol–water partition coefficient (Wildman–Crippen LogP) is 6.55. The molecule has 1 aromatic heterocycles. The standard InChI is InChI=1S/C36H30Cl2F4N4O7/c1-35-20(32(49)45(34(35)51)15-5-9-23(39)22(38)11-15)14-19-17(29(35)28-24(52-3)12-16(47)13-25(28)53-4)6-7-18-27(19)33(50)46(31(18)48)44(2)30-21(37)8-10-26(43-30)36(40,41)42/h5-6,8-13,18-20,27,29,47H,7,14H2,1-4H3. The van der Waals surface area contributed by atoms with Crippen LogP contribution < -0.4 is 19.4 Å². The van der Waals surface area contributed by atoms with Crippen molar-refractivity contribution < 1.29 is 51.3 Å². The van der Waals surface area contributed by atoms with Crippen LogP contribution in [0.1, 0.15) is 36.9 Å². The third kappa shape index (κ3) is 5.33. The summed E-state index contributed by atoms with van der Waals surface area (Å²) < 4.78 is 66.4. The van der Waals surface area contributed by atoms with Crippen LogP contribution in [0.3, 0.4) is 0 Å². The number of anilines is 2. The third-order valence-electron chi connectivity index (χ3n) is 11.0. The van der Waals surface area contributed by atoms with Gasteiger partial charge in [-0.2, -0.15) is 18.2 Å². The molecule has 6 atom stereocenters. The summed E-state index contributed by atoms with van der Waals surface area (Å²) in [5, 5.41) is 11.6. The van der Waals surface area contributed by atoms with Gasteiger partial charge in [0.25, 0.3) is 11.8 Å². The van der Waals surface area contributed by atoms with Gasteiger partial charge in [-0.15, -0.1) is 0 Å². The van der Waals surface area contributed by atoms with E-state index in [1.807, 2.05) is 0 Å². The van der Waals surface area contributed by atoms with Gasteiger partial charge in [0, 0.05) is 30.7 Å². The van der Waals surface area contributed by atoms with E-state index in [1.165, 1.54) is 39.5 Å². The Kier molecular flexibility index (Phi) is 8.68. The minimum absolute atomic E-state index is 0.00541. The number of pyridine rings is 1. The molecule has 11 nitrogen and oxygen atoms in total. The molecule has 2 aromatic carbocycles. The Labute approximate surface area is 309 Å². The minimum atomic E-state index is -4.84. The highest BCUT2D eigenvalue weighted by Gasteiger charge is 2.68. The largest absolute Gasteiger partial charge is 0.508 e. The molecule has 3 aromatic rings. The maximum Gasteiger partial charge on any atom is 0.433 e. The number of phenolic OH excluding ortho intramolecular Hbond substituents is 1. The Balaban J connectivity index is 1.38.